The van der Waals surface area contributed by atoms with Gasteiger partial charge in [0.15, 0.2) is 0 Å². The highest BCUT2D eigenvalue weighted by Gasteiger charge is 2.10. The molecule has 0 unspecified atom stereocenters. The molecule has 1 aromatic carbocycles. The average molecular weight is 594 g/mol. The van der Waals surface area contributed by atoms with Crippen molar-refractivity contribution in [3.63, 3.8) is 0 Å². The van der Waals surface area contributed by atoms with E-state index in [-0.39, 0.29) is 30.9 Å². The van der Waals surface area contributed by atoms with Gasteiger partial charge in [-0.1, -0.05) is 24.8 Å². The van der Waals surface area contributed by atoms with Crippen LogP contribution in [0.1, 0.15) is 31.7 Å². The molecule has 0 aliphatic carbocycles. The van der Waals surface area contributed by atoms with Crippen molar-refractivity contribution in [3.05, 3.63) is 47.7 Å². The monoisotopic (exact) mass is 593 g/mol. The number of hydrogen-bond donors (Lipinski definition) is 5. The van der Waals surface area contributed by atoms with E-state index in [1.54, 1.807) is 26.4 Å². The van der Waals surface area contributed by atoms with Gasteiger partial charge in [-0.3, -0.25) is 20.0 Å². The lowest BCUT2D eigenvalue weighted by atomic mass is 10.1. The highest BCUT2D eigenvalue weighted by atomic mass is 16.5. The Morgan fingerprint density at radius 1 is 1.19 bits per heavy atom. The number of amides is 2. The summed E-state index contributed by atoms with van der Waals surface area (Å²) in [7, 11) is 8.69. The molecule has 0 radical (unpaired) electrons. The minimum atomic E-state index is -0.222. The van der Waals surface area contributed by atoms with Crippen molar-refractivity contribution in [2.75, 3.05) is 78.8 Å². The molecule has 0 aromatic heterocycles. The third kappa shape index (κ3) is 14.7. The van der Waals surface area contributed by atoms with Crippen LogP contribution in [0.15, 0.2) is 52.1 Å². The number of methoxy groups -OCH3 is 1. The topological polar surface area (TPSA) is 147 Å². The lowest BCUT2D eigenvalue weighted by Crippen LogP contribution is -2.38. The molecule has 1 rings (SSSR count). The predicted octanol–water partition coefficient (Wildman–Crippen LogP) is 2.53. The second kappa shape index (κ2) is 21.1. The smallest absolute Gasteiger partial charge is 0.246 e. The number of unbranched alkanes of at least 4 members (excludes halogenated alkanes) is 1. The number of benzene rings is 1. The summed E-state index contributed by atoms with van der Waals surface area (Å²) >= 11 is 0. The van der Waals surface area contributed by atoms with Crippen LogP contribution < -0.4 is 21.3 Å². The number of aliphatic imine (C=N–C) groups is 2. The summed E-state index contributed by atoms with van der Waals surface area (Å²) in [4.78, 5) is 36.2. The van der Waals surface area contributed by atoms with Gasteiger partial charge in [-0.15, -0.1) is 0 Å². The van der Waals surface area contributed by atoms with Crippen LogP contribution in [0.25, 0.3) is 0 Å². The van der Waals surface area contributed by atoms with Gasteiger partial charge < -0.3 is 35.8 Å². The van der Waals surface area contributed by atoms with E-state index in [0.29, 0.717) is 49.4 Å². The minimum absolute atomic E-state index is 0.0110. The molecule has 5 N–H and O–H groups in total. The van der Waals surface area contributed by atoms with Crippen molar-refractivity contribution in [1.29, 1.82) is 5.41 Å². The first kappa shape index (κ1) is 36.4. The van der Waals surface area contributed by atoms with Crippen LogP contribution in [0.4, 0.5) is 11.4 Å². The van der Waals surface area contributed by atoms with Gasteiger partial charge in [0.05, 0.1) is 24.8 Å². The van der Waals surface area contributed by atoms with Gasteiger partial charge in [-0.2, -0.15) is 0 Å². The highest BCUT2D eigenvalue weighted by molar-refractivity contribution is 6.02. The standard InChI is InChI=1S/C31H47N9O3/c1-8-17-36-31(38-23-37-25-15-16-26(30(32)43-7)27(20-25)34-3)24(21-33-2)13-10-9-11-18-35-28(41)22-40(6)29(42)14-12-19-39(4)5/h12,14-16,20-21,32,34,37H,2,8-9,11,17-19,22-23H2,1,3-7H3,(H,35,41)(H,36,38)/b14-12+,24-21-,32-30?. The molecule has 234 valence electrons. The Kier molecular flexibility index (Phi) is 17.9. The molecule has 0 atom stereocenters. The Labute approximate surface area is 256 Å². The van der Waals surface area contributed by atoms with Crippen LogP contribution in [0.2, 0.25) is 0 Å². The molecule has 43 heavy (non-hydrogen) atoms. The number of likely N-dealkylation sites (N-methyl/N-ethyl adjacent to an activating group) is 2. The number of ether oxygens (including phenoxy) is 1. The molecule has 12 nitrogen and oxygen atoms in total. The molecule has 0 aliphatic heterocycles. The van der Waals surface area contributed by atoms with Crippen molar-refractivity contribution in [3.8, 4) is 11.8 Å². The number of nitrogens with one attached hydrogen (secondary N) is 5. The van der Waals surface area contributed by atoms with Crippen LogP contribution in [0, 0.1) is 17.3 Å². The molecule has 1 aromatic rings. The van der Waals surface area contributed by atoms with Crippen LogP contribution in [0.5, 0.6) is 0 Å². The fraction of sp³-hybridized carbons (Fsp3) is 0.452. The van der Waals surface area contributed by atoms with E-state index < -0.39 is 0 Å². The summed E-state index contributed by atoms with van der Waals surface area (Å²) < 4.78 is 5.05. The van der Waals surface area contributed by atoms with Gasteiger partial charge in [-0.05, 0) is 51.9 Å². The van der Waals surface area contributed by atoms with Gasteiger partial charge in [0, 0.05) is 63.8 Å². The first-order valence-electron chi connectivity index (χ1n) is 14.1. The number of anilines is 2. The summed E-state index contributed by atoms with van der Waals surface area (Å²) in [6.07, 6.45) is 6.91. The Morgan fingerprint density at radius 2 is 1.95 bits per heavy atom. The number of nitrogens with zero attached hydrogens (tertiary/aromatic N) is 4. The third-order valence-electron chi connectivity index (χ3n) is 5.79. The minimum Gasteiger partial charge on any atom is -0.481 e. The molecule has 0 aliphatic rings. The highest BCUT2D eigenvalue weighted by Crippen LogP contribution is 2.21. The SMILES string of the molecule is C=N/C=C(C#CCCCNC(=O)CN(C)C(=O)/C=C/CN(C)C)\C(=N/CNc1ccc(C(=N)OC)c(NC)c1)NCCC. The second-order valence-corrected chi connectivity index (χ2v) is 9.65. The van der Waals surface area contributed by atoms with Crippen molar-refractivity contribution >= 4 is 41.6 Å². The van der Waals surface area contributed by atoms with E-state index in [1.807, 2.05) is 37.2 Å². The van der Waals surface area contributed by atoms with E-state index in [4.69, 9.17) is 10.1 Å². The molecule has 0 spiro atoms. The van der Waals surface area contributed by atoms with E-state index in [1.165, 1.54) is 18.1 Å². The Hall–Kier alpha value is -4.63. The van der Waals surface area contributed by atoms with Crippen molar-refractivity contribution in [2.24, 2.45) is 9.98 Å². The molecule has 0 fully saturated rings. The maximum Gasteiger partial charge on any atom is 0.246 e. The summed E-state index contributed by atoms with van der Waals surface area (Å²) in [6.45, 7) is 7.71. The van der Waals surface area contributed by atoms with E-state index in [2.05, 4.69) is 56.7 Å². The fourth-order valence-corrected chi connectivity index (χ4v) is 3.51. The molecule has 0 saturated heterocycles. The molecule has 2 amide bonds. The first-order valence-corrected chi connectivity index (χ1v) is 14.1. The molecule has 12 heteroatoms. The van der Waals surface area contributed by atoms with E-state index in [9.17, 15) is 9.59 Å². The number of carbonyl (C=O) groups is 2. The molecule has 0 heterocycles. The molecule has 0 saturated carbocycles. The summed E-state index contributed by atoms with van der Waals surface area (Å²) in [5, 5.41) is 20.4. The van der Waals surface area contributed by atoms with Crippen molar-refractivity contribution < 1.29 is 14.3 Å². The zero-order chi connectivity index (χ0) is 32.0. The maximum absolute atomic E-state index is 12.2. The summed E-state index contributed by atoms with van der Waals surface area (Å²) in [5.41, 5.74) is 2.86. The van der Waals surface area contributed by atoms with Crippen LogP contribution in [-0.2, 0) is 14.3 Å². The lowest BCUT2D eigenvalue weighted by Gasteiger charge is -2.14. The number of amidine groups is 1. The molecular weight excluding hydrogens is 546 g/mol. The van der Waals surface area contributed by atoms with Gasteiger partial charge in [0.25, 0.3) is 0 Å². The third-order valence-corrected chi connectivity index (χ3v) is 5.79. The largest absolute Gasteiger partial charge is 0.481 e. The second-order valence-electron chi connectivity index (χ2n) is 9.65. The predicted molar refractivity (Wildman–Crippen MR) is 177 cm³/mol. The van der Waals surface area contributed by atoms with Crippen LogP contribution in [-0.4, -0.2) is 108 Å². The van der Waals surface area contributed by atoms with E-state index in [0.717, 1.165) is 17.8 Å². The lowest BCUT2D eigenvalue weighted by molar-refractivity contribution is -0.131. The Bertz CT molecular complexity index is 1230. The zero-order valence-electron chi connectivity index (χ0n) is 26.3. The maximum atomic E-state index is 12.2. The Morgan fingerprint density at radius 3 is 2.60 bits per heavy atom. The number of hydrogen-bond acceptors (Lipinski definition) is 9. The Balaban J connectivity index is 2.72. The molecular formula is C31H47N9O3. The molecule has 0 bridgehead atoms. The van der Waals surface area contributed by atoms with Crippen LogP contribution >= 0.6 is 0 Å². The quantitative estimate of drug-likeness (QED) is 0.0613. The van der Waals surface area contributed by atoms with Gasteiger partial charge in [0.2, 0.25) is 17.7 Å². The summed E-state index contributed by atoms with van der Waals surface area (Å²) in [6, 6.07) is 5.56. The van der Waals surface area contributed by atoms with Gasteiger partial charge in [0.1, 0.15) is 12.5 Å². The van der Waals surface area contributed by atoms with Crippen LogP contribution in [0.3, 0.4) is 0 Å². The zero-order valence-corrected chi connectivity index (χ0v) is 26.3. The van der Waals surface area contributed by atoms with E-state index >= 15 is 0 Å². The first-order chi connectivity index (χ1) is 20.7. The number of rotatable bonds is 17. The summed E-state index contributed by atoms with van der Waals surface area (Å²) in [5.74, 6) is 6.48. The van der Waals surface area contributed by atoms with Gasteiger partial charge >= 0.3 is 0 Å². The van der Waals surface area contributed by atoms with Gasteiger partial charge in [-0.25, -0.2) is 4.99 Å². The number of carbonyl (C=O) groups excluding carboxylic acids is 2. The fourth-order valence-electron chi connectivity index (χ4n) is 3.51. The normalized spacial score (nSPS) is 11.4. The van der Waals surface area contributed by atoms with Crippen molar-refractivity contribution in [1.82, 2.24) is 20.4 Å². The van der Waals surface area contributed by atoms with Crippen molar-refractivity contribution in [2.45, 2.75) is 26.2 Å². The average Bonchev–Trinajstić information content (AvgIpc) is 2.99.